The zero-order valence-corrected chi connectivity index (χ0v) is 21.0. The Morgan fingerprint density at radius 3 is 2.71 bits per heavy atom. The number of carbonyl (C=O) groups is 1. The maximum Gasteiger partial charge on any atom is 0.298 e. The molecule has 3 fully saturated rings. The minimum absolute atomic E-state index is 0.00732. The Morgan fingerprint density at radius 1 is 1.18 bits per heavy atom. The first-order chi connectivity index (χ1) is 18.4. The molecule has 0 unspecified atom stereocenters. The Labute approximate surface area is 217 Å². The predicted molar refractivity (Wildman–Crippen MR) is 135 cm³/mol. The van der Waals surface area contributed by atoms with Gasteiger partial charge < -0.3 is 18.6 Å². The van der Waals surface area contributed by atoms with E-state index in [0.29, 0.717) is 28.5 Å². The molecule has 196 valence electrons. The topological polar surface area (TPSA) is 81.6 Å². The molecule has 2 aromatic carbocycles. The minimum Gasteiger partial charge on any atom is -0.423 e. The van der Waals surface area contributed by atoms with Gasteiger partial charge in [0.25, 0.3) is 6.01 Å². The number of hydrogen-bond donors (Lipinski definition) is 0. The number of rotatable bonds is 7. The number of anilines is 1. The van der Waals surface area contributed by atoms with Gasteiger partial charge in [-0.2, -0.15) is 4.98 Å². The molecule has 1 spiro atoms. The molecule has 3 aliphatic rings. The quantitative estimate of drug-likeness (QED) is 0.261. The van der Waals surface area contributed by atoms with Gasteiger partial charge >= 0.3 is 0 Å². The molecule has 38 heavy (non-hydrogen) atoms. The molecule has 0 atom stereocenters. The van der Waals surface area contributed by atoms with Crippen LogP contribution in [0.4, 0.5) is 14.8 Å². The Bertz CT molecular complexity index is 1530. The van der Waals surface area contributed by atoms with E-state index in [1.807, 2.05) is 6.07 Å². The maximum atomic E-state index is 14.5. The number of benzene rings is 2. The highest BCUT2D eigenvalue weighted by atomic mass is 19.1. The minimum atomic E-state index is -0.660. The van der Waals surface area contributed by atoms with E-state index >= 15 is 0 Å². The molecule has 7 nitrogen and oxygen atoms in total. The molecule has 2 aromatic heterocycles. The van der Waals surface area contributed by atoms with Crippen LogP contribution in [-0.2, 0) is 11.3 Å². The van der Waals surface area contributed by atoms with Crippen molar-refractivity contribution in [2.75, 3.05) is 18.0 Å². The number of oxazole rings is 1. The van der Waals surface area contributed by atoms with Crippen LogP contribution in [-0.4, -0.2) is 35.1 Å². The van der Waals surface area contributed by atoms with Crippen molar-refractivity contribution >= 4 is 22.9 Å². The van der Waals surface area contributed by atoms with E-state index in [0.717, 1.165) is 50.7 Å². The second-order valence-electron chi connectivity index (χ2n) is 11.0. The summed E-state index contributed by atoms with van der Waals surface area (Å²) in [6, 6.07) is 9.72. The average Bonchev–Trinajstić information content (AvgIpc) is 3.29. The Morgan fingerprint density at radius 2 is 1.97 bits per heavy atom. The summed E-state index contributed by atoms with van der Waals surface area (Å²) >= 11 is 0. The van der Waals surface area contributed by atoms with Crippen LogP contribution in [0.1, 0.15) is 66.6 Å². The van der Waals surface area contributed by atoms with Crippen molar-refractivity contribution in [2.24, 2.45) is 5.41 Å². The summed E-state index contributed by atoms with van der Waals surface area (Å²) in [7, 11) is 0. The Balaban J connectivity index is 1.03. The number of hydrogen-bond acceptors (Lipinski definition) is 7. The Hall–Kier alpha value is -3.59. The van der Waals surface area contributed by atoms with Crippen molar-refractivity contribution in [1.82, 2.24) is 10.1 Å². The third kappa shape index (κ3) is 4.00. The number of ketones is 1. The van der Waals surface area contributed by atoms with E-state index < -0.39 is 11.6 Å². The highest BCUT2D eigenvalue weighted by Gasteiger charge is 2.50. The molecule has 0 radical (unpaired) electrons. The zero-order chi connectivity index (χ0) is 26.0. The number of aromatic nitrogens is 2. The van der Waals surface area contributed by atoms with E-state index in [2.05, 4.69) is 15.0 Å². The molecule has 0 bridgehead atoms. The van der Waals surface area contributed by atoms with E-state index in [9.17, 15) is 13.6 Å². The van der Waals surface area contributed by atoms with Crippen molar-refractivity contribution in [2.45, 2.75) is 57.7 Å². The van der Waals surface area contributed by atoms with Gasteiger partial charge in [0.15, 0.2) is 11.4 Å². The molecule has 0 N–H and O–H groups in total. The summed E-state index contributed by atoms with van der Waals surface area (Å²) in [5.41, 5.74) is 2.79. The second kappa shape index (κ2) is 8.73. The smallest absolute Gasteiger partial charge is 0.298 e. The first-order valence-electron chi connectivity index (χ1n) is 13.1. The standard InChI is InChI=1S/C29H27F2N3O4/c1-16(35)18-7-8-23-24(11-18)37-28(32-23)34-10-9-29(15-34)12-19(13-29)36-14-20-26(33-38-27(20)17-5-6-17)25-21(30)3-2-4-22(25)31/h2-4,7-8,11,17,19H,5-6,9-10,12-15H2,1H3. The zero-order valence-electron chi connectivity index (χ0n) is 21.0. The van der Waals surface area contributed by atoms with Gasteiger partial charge in [-0.1, -0.05) is 11.2 Å². The molecule has 9 heteroatoms. The largest absolute Gasteiger partial charge is 0.423 e. The Kier molecular flexibility index (Phi) is 5.40. The number of fused-ring (bicyclic) bond motifs is 1. The summed E-state index contributed by atoms with van der Waals surface area (Å²) in [6.07, 6.45) is 4.82. The van der Waals surface area contributed by atoms with Crippen molar-refractivity contribution in [3.05, 3.63) is 64.9 Å². The fourth-order valence-corrected chi connectivity index (χ4v) is 5.97. The molecule has 0 amide bonds. The predicted octanol–water partition coefficient (Wildman–Crippen LogP) is 6.42. The highest BCUT2D eigenvalue weighted by molar-refractivity contribution is 5.97. The molecule has 1 aliphatic heterocycles. The van der Waals surface area contributed by atoms with Crippen LogP contribution in [0.3, 0.4) is 0 Å². The van der Waals surface area contributed by atoms with Gasteiger partial charge in [0.05, 0.1) is 18.3 Å². The lowest BCUT2D eigenvalue weighted by Crippen LogP contribution is -2.44. The van der Waals surface area contributed by atoms with E-state index in [1.54, 1.807) is 12.1 Å². The summed E-state index contributed by atoms with van der Waals surface area (Å²) in [5, 5.41) is 4.06. The lowest BCUT2D eigenvalue weighted by Gasteiger charge is -2.44. The van der Waals surface area contributed by atoms with Gasteiger partial charge in [0.2, 0.25) is 0 Å². The first-order valence-corrected chi connectivity index (χ1v) is 13.1. The number of carbonyl (C=O) groups excluding carboxylic acids is 1. The van der Waals surface area contributed by atoms with E-state index in [4.69, 9.17) is 13.7 Å². The normalized spacial score (nSPS) is 22.9. The third-order valence-corrected chi connectivity index (χ3v) is 8.24. The van der Waals surface area contributed by atoms with Gasteiger partial charge in [-0.3, -0.25) is 4.79 Å². The van der Waals surface area contributed by atoms with Crippen LogP contribution in [0.2, 0.25) is 0 Å². The lowest BCUT2D eigenvalue weighted by molar-refractivity contribution is -0.0797. The van der Waals surface area contributed by atoms with Crippen molar-refractivity contribution in [3.63, 3.8) is 0 Å². The SMILES string of the molecule is CC(=O)c1ccc2nc(N3CCC4(CC(OCc5c(-c6c(F)cccc6F)noc5C5CC5)C4)C3)oc2c1. The first kappa shape index (κ1) is 23.5. The lowest BCUT2D eigenvalue weighted by atomic mass is 9.66. The van der Waals surface area contributed by atoms with Crippen molar-refractivity contribution < 1.29 is 27.3 Å². The fraction of sp³-hybridized carbons (Fsp3) is 0.414. The molecule has 7 rings (SSSR count). The fourth-order valence-electron chi connectivity index (χ4n) is 5.97. The van der Waals surface area contributed by atoms with Crippen LogP contribution in [0, 0.1) is 17.0 Å². The summed E-state index contributed by atoms with van der Waals surface area (Å²) in [6.45, 7) is 3.41. The number of ether oxygens (including phenoxy) is 1. The van der Waals surface area contributed by atoms with Crippen LogP contribution in [0.25, 0.3) is 22.4 Å². The number of halogens is 2. The molecule has 4 aromatic rings. The summed E-state index contributed by atoms with van der Waals surface area (Å²) in [5.74, 6) is -0.400. The van der Waals surface area contributed by atoms with Gasteiger partial charge in [0.1, 0.15) is 28.6 Å². The van der Waals surface area contributed by atoms with E-state index in [1.165, 1.54) is 25.1 Å². The van der Waals surface area contributed by atoms with Gasteiger partial charge in [-0.25, -0.2) is 8.78 Å². The van der Waals surface area contributed by atoms with E-state index in [-0.39, 0.29) is 41.1 Å². The molecule has 2 aliphatic carbocycles. The number of nitrogens with zero attached hydrogens (tertiary/aromatic N) is 3. The molecular formula is C29H27F2N3O4. The monoisotopic (exact) mass is 519 g/mol. The van der Waals surface area contributed by atoms with Crippen LogP contribution in [0.15, 0.2) is 45.3 Å². The molecule has 1 saturated heterocycles. The third-order valence-electron chi connectivity index (χ3n) is 8.24. The van der Waals surface area contributed by atoms with Crippen molar-refractivity contribution in [1.29, 1.82) is 0 Å². The van der Waals surface area contributed by atoms with Gasteiger partial charge in [-0.05, 0) is 74.8 Å². The highest BCUT2D eigenvalue weighted by Crippen LogP contribution is 2.51. The number of Topliss-reactive ketones (excluding diaryl/α,β-unsaturated/α-hetero) is 1. The molecular weight excluding hydrogens is 492 g/mol. The molecule has 2 saturated carbocycles. The maximum absolute atomic E-state index is 14.5. The summed E-state index contributed by atoms with van der Waals surface area (Å²) < 4.78 is 46.9. The molecule has 3 heterocycles. The van der Waals surface area contributed by atoms with Crippen LogP contribution >= 0.6 is 0 Å². The average molecular weight is 520 g/mol. The second-order valence-corrected chi connectivity index (χ2v) is 11.0. The van der Waals surface area contributed by atoms with Gasteiger partial charge in [-0.15, -0.1) is 0 Å². The van der Waals surface area contributed by atoms with Crippen LogP contribution < -0.4 is 4.90 Å². The van der Waals surface area contributed by atoms with Crippen molar-refractivity contribution in [3.8, 4) is 11.3 Å². The van der Waals surface area contributed by atoms with Gasteiger partial charge in [0, 0.05) is 30.1 Å². The van der Waals surface area contributed by atoms with Crippen LogP contribution in [0.5, 0.6) is 0 Å². The summed E-state index contributed by atoms with van der Waals surface area (Å²) in [4.78, 5) is 18.5.